The lowest BCUT2D eigenvalue weighted by Gasteiger charge is -1.97. The van der Waals surface area contributed by atoms with Gasteiger partial charge in [0, 0.05) is 47.0 Å². The maximum Gasteiger partial charge on any atom is 0.373 e. The predicted octanol–water partition coefficient (Wildman–Crippen LogP) is 4.31. The van der Waals surface area contributed by atoms with Gasteiger partial charge in [0.15, 0.2) is 5.76 Å². The Balaban J connectivity index is 0.000000272. The fourth-order valence-electron chi connectivity index (χ4n) is 2.94. The molecule has 0 saturated carbocycles. The summed E-state index contributed by atoms with van der Waals surface area (Å²) in [5, 5.41) is 11.1. The van der Waals surface area contributed by atoms with Gasteiger partial charge < -0.3 is 19.9 Å². The number of rotatable bonds is 5. The molecule has 2 aromatic carbocycles. The summed E-state index contributed by atoms with van der Waals surface area (Å²) in [6, 6.07) is 15.7. The molecule has 2 heterocycles. The SMILES string of the molecule is C.C=C(O)C(=O)Cc1c[nH]c2ccccc12.O=C=O.O=CCc1c[nH]c2ccccc12. The van der Waals surface area contributed by atoms with Crippen molar-refractivity contribution in [1.29, 1.82) is 0 Å². The molecule has 0 atom stereocenters. The average molecular weight is 420 g/mol. The zero-order valence-corrected chi connectivity index (χ0v) is 16.1. The topological polar surface area (TPSA) is 120 Å². The lowest BCUT2D eigenvalue weighted by Crippen LogP contribution is -2.04. The summed E-state index contributed by atoms with van der Waals surface area (Å²) in [5.74, 6) is -0.736. The van der Waals surface area contributed by atoms with Crippen molar-refractivity contribution in [3.05, 3.63) is 84.4 Å². The second kappa shape index (κ2) is 12.4. The molecule has 0 aliphatic carbocycles. The summed E-state index contributed by atoms with van der Waals surface area (Å²) < 4.78 is 0. The Bertz CT molecular complexity index is 1200. The Morgan fingerprint density at radius 3 is 1.87 bits per heavy atom. The number of aromatic nitrogens is 2. The van der Waals surface area contributed by atoms with Gasteiger partial charge in [-0.1, -0.05) is 50.4 Å². The van der Waals surface area contributed by atoms with Crippen molar-refractivity contribution in [2.24, 2.45) is 0 Å². The number of para-hydroxylation sites is 2. The van der Waals surface area contributed by atoms with Gasteiger partial charge in [-0.15, -0.1) is 0 Å². The third kappa shape index (κ3) is 6.66. The third-order valence-corrected chi connectivity index (χ3v) is 4.33. The van der Waals surface area contributed by atoms with E-state index in [1.807, 2.05) is 54.7 Å². The van der Waals surface area contributed by atoms with Gasteiger partial charge in [-0.2, -0.15) is 9.59 Å². The van der Waals surface area contributed by atoms with Crippen LogP contribution in [0, 0.1) is 0 Å². The van der Waals surface area contributed by atoms with E-state index in [0.717, 1.165) is 39.2 Å². The van der Waals surface area contributed by atoms with Crippen molar-refractivity contribution in [1.82, 2.24) is 9.97 Å². The van der Waals surface area contributed by atoms with E-state index in [4.69, 9.17) is 14.7 Å². The van der Waals surface area contributed by atoms with Crippen LogP contribution in [-0.4, -0.2) is 33.3 Å². The van der Waals surface area contributed by atoms with E-state index in [9.17, 15) is 9.59 Å². The molecule has 160 valence electrons. The molecule has 3 N–H and O–H groups in total. The van der Waals surface area contributed by atoms with Crippen molar-refractivity contribution >= 4 is 40.0 Å². The molecule has 4 rings (SSSR count). The number of hydrogen-bond donors (Lipinski definition) is 3. The Kier molecular flexibility index (Phi) is 9.90. The van der Waals surface area contributed by atoms with Gasteiger partial charge in [0.25, 0.3) is 0 Å². The fraction of sp³-hybridized carbons (Fsp3) is 0.125. The third-order valence-electron chi connectivity index (χ3n) is 4.33. The second-order valence-electron chi connectivity index (χ2n) is 6.22. The predicted molar refractivity (Wildman–Crippen MR) is 119 cm³/mol. The fourth-order valence-corrected chi connectivity index (χ4v) is 2.94. The molecule has 0 fully saturated rings. The summed E-state index contributed by atoms with van der Waals surface area (Å²) in [6.45, 7) is 3.21. The maximum absolute atomic E-state index is 11.3. The number of allylic oxidation sites excluding steroid dienone is 1. The monoisotopic (exact) mass is 420 g/mol. The van der Waals surface area contributed by atoms with Crippen LogP contribution in [-0.2, 0) is 32.0 Å². The average Bonchev–Trinajstić information content (AvgIpc) is 3.34. The number of aliphatic hydroxyl groups excluding tert-OH is 1. The molecule has 4 aromatic rings. The first-order valence-electron chi connectivity index (χ1n) is 8.95. The molecule has 7 heteroatoms. The maximum atomic E-state index is 11.3. The molecule has 0 radical (unpaired) electrons. The normalized spacial score (nSPS) is 9.29. The highest BCUT2D eigenvalue weighted by molar-refractivity contribution is 5.97. The minimum absolute atomic E-state index is 0. The number of carbonyl (C=O) groups excluding carboxylic acids is 4. The number of aldehydes is 1. The van der Waals surface area contributed by atoms with Crippen LogP contribution in [0.4, 0.5) is 0 Å². The number of Topliss-reactive ketones (excluding diaryl/α,β-unsaturated/α-hetero) is 1. The van der Waals surface area contributed by atoms with E-state index >= 15 is 0 Å². The number of carbonyl (C=O) groups is 2. The standard InChI is InChI=1S/C12H11NO2.C10H9NO.CO2.CH4/c1-8(14)12(15)6-9-7-13-11-5-3-2-4-10(9)11;12-6-5-8-7-11-10-4-2-1-3-9(8)10;2-1-3;/h2-5,7,13-14H,1,6H2;1-4,6-7,11H,5H2;;1H4. The van der Waals surface area contributed by atoms with E-state index < -0.39 is 0 Å². The van der Waals surface area contributed by atoms with Gasteiger partial charge in [0.05, 0.1) is 0 Å². The molecule has 0 aliphatic heterocycles. The van der Waals surface area contributed by atoms with Gasteiger partial charge in [-0.3, -0.25) is 4.79 Å². The number of fused-ring (bicyclic) bond motifs is 2. The lowest BCUT2D eigenvalue weighted by molar-refractivity contribution is -0.191. The number of ketones is 1. The summed E-state index contributed by atoms with van der Waals surface area (Å²) in [4.78, 5) is 44.0. The van der Waals surface area contributed by atoms with Crippen molar-refractivity contribution in [2.75, 3.05) is 0 Å². The molecule has 0 unspecified atom stereocenters. The van der Waals surface area contributed by atoms with Crippen LogP contribution in [0.5, 0.6) is 0 Å². The molecule has 0 saturated heterocycles. The smallest absolute Gasteiger partial charge is 0.373 e. The highest BCUT2D eigenvalue weighted by Gasteiger charge is 2.10. The van der Waals surface area contributed by atoms with Gasteiger partial charge >= 0.3 is 6.15 Å². The largest absolute Gasteiger partial charge is 0.505 e. The Morgan fingerprint density at radius 2 is 1.39 bits per heavy atom. The molecule has 7 nitrogen and oxygen atoms in total. The van der Waals surface area contributed by atoms with E-state index in [1.54, 1.807) is 6.20 Å². The van der Waals surface area contributed by atoms with Crippen LogP contribution in [0.3, 0.4) is 0 Å². The van der Waals surface area contributed by atoms with Gasteiger partial charge in [-0.05, 0) is 23.3 Å². The van der Waals surface area contributed by atoms with Crippen LogP contribution >= 0.6 is 0 Å². The number of aliphatic hydroxyl groups is 1. The van der Waals surface area contributed by atoms with E-state index in [0.29, 0.717) is 6.42 Å². The molecule has 31 heavy (non-hydrogen) atoms. The highest BCUT2D eigenvalue weighted by atomic mass is 16.3. The number of hydrogen-bond acceptors (Lipinski definition) is 5. The van der Waals surface area contributed by atoms with Gasteiger partial charge in [-0.25, -0.2) is 0 Å². The van der Waals surface area contributed by atoms with Crippen molar-refractivity contribution in [2.45, 2.75) is 20.3 Å². The summed E-state index contributed by atoms with van der Waals surface area (Å²) in [5.41, 5.74) is 4.03. The number of H-pyrrole nitrogens is 2. The lowest BCUT2D eigenvalue weighted by atomic mass is 10.1. The van der Waals surface area contributed by atoms with Crippen LogP contribution in [0.25, 0.3) is 21.8 Å². The van der Waals surface area contributed by atoms with Crippen molar-refractivity contribution in [3.63, 3.8) is 0 Å². The van der Waals surface area contributed by atoms with Crippen LogP contribution in [0.1, 0.15) is 18.6 Å². The van der Waals surface area contributed by atoms with Crippen LogP contribution in [0.2, 0.25) is 0 Å². The first kappa shape index (κ1) is 24.8. The molecular formula is C24H24N2O5. The quantitative estimate of drug-likeness (QED) is 0.252. The summed E-state index contributed by atoms with van der Waals surface area (Å²) in [6.07, 6.45) is 5.52. The molecule has 0 bridgehead atoms. The number of nitrogens with one attached hydrogen (secondary N) is 2. The second-order valence-corrected chi connectivity index (χ2v) is 6.22. The molecule has 0 spiro atoms. The molecular weight excluding hydrogens is 396 g/mol. The minimum Gasteiger partial charge on any atom is -0.505 e. The van der Waals surface area contributed by atoms with Crippen molar-refractivity contribution < 1.29 is 24.3 Å². The minimum atomic E-state index is -0.389. The van der Waals surface area contributed by atoms with E-state index in [-0.39, 0.29) is 31.5 Å². The first-order chi connectivity index (χ1) is 14.5. The first-order valence-corrected chi connectivity index (χ1v) is 8.95. The summed E-state index contributed by atoms with van der Waals surface area (Å²) in [7, 11) is 0. The summed E-state index contributed by atoms with van der Waals surface area (Å²) >= 11 is 0. The van der Waals surface area contributed by atoms with E-state index in [1.165, 1.54) is 0 Å². The van der Waals surface area contributed by atoms with Crippen LogP contribution in [0.15, 0.2) is 73.3 Å². The highest BCUT2D eigenvalue weighted by Crippen LogP contribution is 2.19. The van der Waals surface area contributed by atoms with Gasteiger partial charge in [0.1, 0.15) is 6.29 Å². The molecule has 2 aromatic heterocycles. The zero-order chi connectivity index (χ0) is 21.9. The van der Waals surface area contributed by atoms with E-state index in [2.05, 4.69) is 16.5 Å². The van der Waals surface area contributed by atoms with Crippen LogP contribution < -0.4 is 0 Å². The van der Waals surface area contributed by atoms with Crippen molar-refractivity contribution in [3.8, 4) is 0 Å². The van der Waals surface area contributed by atoms with Gasteiger partial charge in [0.2, 0.25) is 5.78 Å². The Hall–Kier alpha value is -4.22. The molecule has 0 amide bonds. The molecule has 0 aliphatic rings. The zero-order valence-electron chi connectivity index (χ0n) is 16.1. The Morgan fingerprint density at radius 1 is 0.935 bits per heavy atom. The Labute approximate surface area is 179 Å². The number of aromatic amines is 2. The number of benzene rings is 2.